The van der Waals surface area contributed by atoms with Crippen LogP contribution < -0.4 is 5.32 Å². The zero-order valence-corrected chi connectivity index (χ0v) is 10.7. The molecule has 0 amide bonds. The molecule has 1 fully saturated rings. The fraction of sp³-hybridized carbons (Fsp3) is 0.571. The van der Waals surface area contributed by atoms with E-state index in [1.54, 1.807) is 0 Å². The van der Waals surface area contributed by atoms with E-state index in [-0.39, 0.29) is 11.2 Å². The summed E-state index contributed by atoms with van der Waals surface area (Å²) in [6.07, 6.45) is 6.03. The molecule has 2 unspecified atom stereocenters. The maximum absolute atomic E-state index is 12.8. The lowest BCUT2D eigenvalue weighted by Crippen LogP contribution is -2.35. The van der Waals surface area contributed by atoms with E-state index in [2.05, 4.69) is 5.32 Å². The van der Waals surface area contributed by atoms with Crippen LogP contribution in [-0.2, 0) is 6.54 Å². The van der Waals surface area contributed by atoms with Gasteiger partial charge in [-0.05, 0) is 30.5 Å². The highest BCUT2D eigenvalue weighted by atomic mass is 35.5. The van der Waals surface area contributed by atoms with Crippen molar-refractivity contribution >= 4 is 11.6 Å². The molecular weight excluding hydrogens is 237 g/mol. The number of halogens is 2. The van der Waals surface area contributed by atoms with E-state index in [1.165, 1.54) is 31.4 Å². The van der Waals surface area contributed by atoms with Crippen molar-refractivity contribution in [3.8, 4) is 0 Å². The monoisotopic (exact) mass is 255 g/mol. The van der Waals surface area contributed by atoms with Crippen LogP contribution in [0.3, 0.4) is 0 Å². The minimum atomic E-state index is -0.182. The summed E-state index contributed by atoms with van der Waals surface area (Å²) in [6.45, 7) is 0.772. The van der Waals surface area contributed by atoms with E-state index in [4.69, 9.17) is 11.6 Å². The van der Waals surface area contributed by atoms with Gasteiger partial charge in [-0.1, -0.05) is 31.4 Å². The molecule has 0 heterocycles. The van der Waals surface area contributed by atoms with Crippen LogP contribution in [0.1, 0.15) is 37.7 Å². The Balaban J connectivity index is 1.85. The molecule has 0 saturated heterocycles. The number of nitrogens with one attached hydrogen (secondary N) is 1. The van der Waals surface area contributed by atoms with Crippen molar-refractivity contribution in [2.45, 2.75) is 50.1 Å². The maximum atomic E-state index is 12.8. The molecule has 1 aliphatic carbocycles. The Bertz CT molecular complexity index is 339. The topological polar surface area (TPSA) is 12.0 Å². The zero-order valence-electron chi connectivity index (χ0n) is 9.96. The van der Waals surface area contributed by atoms with E-state index in [9.17, 15) is 4.39 Å². The van der Waals surface area contributed by atoms with Gasteiger partial charge in [-0.25, -0.2) is 4.39 Å². The van der Waals surface area contributed by atoms with Gasteiger partial charge >= 0.3 is 0 Å². The molecule has 0 aromatic heterocycles. The van der Waals surface area contributed by atoms with Gasteiger partial charge in [0.15, 0.2) is 0 Å². The summed E-state index contributed by atoms with van der Waals surface area (Å²) in [7, 11) is 0. The van der Waals surface area contributed by atoms with Crippen LogP contribution in [-0.4, -0.2) is 11.4 Å². The SMILES string of the molecule is Fc1ccc(CNC2CCCCCC2Cl)cc1. The first-order valence-electron chi connectivity index (χ1n) is 6.37. The molecule has 0 spiro atoms. The minimum Gasteiger partial charge on any atom is -0.308 e. The molecule has 1 aromatic carbocycles. The van der Waals surface area contributed by atoms with Gasteiger partial charge in [0.2, 0.25) is 0 Å². The molecule has 1 N–H and O–H groups in total. The van der Waals surface area contributed by atoms with E-state index in [1.807, 2.05) is 12.1 Å². The second-order valence-electron chi connectivity index (χ2n) is 4.77. The number of rotatable bonds is 3. The Labute approximate surface area is 107 Å². The second-order valence-corrected chi connectivity index (χ2v) is 5.33. The van der Waals surface area contributed by atoms with Crippen LogP contribution in [0.5, 0.6) is 0 Å². The van der Waals surface area contributed by atoms with Crippen LogP contribution in [0.25, 0.3) is 0 Å². The van der Waals surface area contributed by atoms with E-state index in [0.29, 0.717) is 6.04 Å². The molecule has 17 heavy (non-hydrogen) atoms. The Morgan fingerprint density at radius 1 is 1.12 bits per heavy atom. The van der Waals surface area contributed by atoms with Crippen LogP contribution in [0.2, 0.25) is 0 Å². The summed E-state index contributed by atoms with van der Waals surface area (Å²) < 4.78 is 12.8. The largest absolute Gasteiger partial charge is 0.308 e. The number of hydrogen-bond acceptors (Lipinski definition) is 1. The summed E-state index contributed by atoms with van der Waals surface area (Å²) in [5.74, 6) is -0.182. The van der Waals surface area contributed by atoms with Gasteiger partial charge in [0, 0.05) is 18.0 Å². The fourth-order valence-corrected chi connectivity index (χ4v) is 2.71. The first kappa shape index (κ1) is 12.8. The van der Waals surface area contributed by atoms with Crippen LogP contribution in [0.4, 0.5) is 4.39 Å². The third kappa shape index (κ3) is 3.97. The molecule has 1 nitrogen and oxygen atoms in total. The Morgan fingerprint density at radius 2 is 1.82 bits per heavy atom. The minimum absolute atomic E-state index is 0.182. The van der Waals surface area contributed by atoms with Crippen molar-refractivity contribution in [2.75, 3.05) is 0 Å². The summed E-state index contributed by atoms with van der Waals surface area (Å²) in [5.41, 5.74) is 1.11. The molecule has 94 valence electrons. The number of benzene rings is 1. The highest BCUT2D eigenvalue weighted by molar-refractivity contribution is 6.21. The molecule has 0 bridgehead atoms. The normalized spacial score (nSPS) is 25.5. The molecule has 3 heteroatoms. The summed E-state index contributed by atoms with van der Waals surface area (Å²) in [4.78, 5) is 0. The van der Waals surface area contributed by atoms with E-state index < -0.39 is 0 Å². The fourth-order valence-electron chi connectivity index (χ4n) is 2.34. The lowest BCUT2D eigenvalue weighted by molar-refractivity contribution is 0.464. The Kier molecular flexibility index (Phi) is 4.81. The van der Waals surface area contributed by atoms with Crippen molar-refractivity contribution in [2.24, 2.45) is 0 Å². The van der Waals surface area contributed by atoms with Gasteiger partial charge in [-0.2, -0.15) is 0 Å². The zero-order chi connectivity index (χ0) is 12.1. The Morgan fingerprint density at radius 3 is 2.59 bits per heavy atom. The molecule has 2 rings (SSSR count). The van der Waals surface area contributed by atoms with Gasteiger partial charge in [0.1, 0.15) is 5.82 Å². The van der Waals surface area contributed by atoms with E-state index >= 15 is 0 Å². The van der Waals surface area contributed by atoms with Crippen LogP contribution >= 0.6 is 11.6 Å². The third-order valence-electron chi connectivity index (χ3n) is 3.41. The van der Waals surface area contributed by atoms with Crippen LogP contribution in [0, 0.1) is 5.82 Å². The highest BCUT2D eigenvalue weighted by Gasteiger charge is 2.20. The van der Waals surface area contributed by atoms with Gasteiger partial charge in [-0.15, -0.1) is 11.6 Å². The van der Waals surface area contributed by atoms with Crippen LogP contribution in [0.15, 0.2) is 24.3 Å². The molecule has 2 atom stereocenters. The van der Waals surface area contributed by atoms with Gasteiger partial charge < -0.3 is 5.32 Å². The molecule has 1 aliphatic rings. The van der Waals surface area contributed by atoms with Crippen molar-refractivity contribution in [1.29, 1.82) is 0 Å². The third-order valence-corrected chi connectivity index (χ3v) is 3.94. The quantitative estimate of drug-likeness (QED) is 0.639. The predicted molar refractivity (Wildman–Crippen MR) is 69.8 cm³/mol. The summed E-state index contributed by atoms with van der Waals surface area (Å²) in [5, 5.41) is 3.73. The highest BCUT2D eigenvalue weighted by Crippen LogP contribution is 2.22. The van der Waals surface area contributed by atoms with Crippen molar-refractivity contribution < 1.29 is 4.39 Å². The first-order valence-corrected chi connectivity index (χ1v) is 6.81. The molecular formula is C14H19ClFN. The van der Waals surface area contributed by atoms with Crippen molar-refractivity contribution in [3.05, 3.63) is 35.6 Å². The second kappa shape index (κ2) is 6.36. The molecule has 0 radical (unpaired) electrons. The van der Waals surface area contributed by atoms with Gasteiger partial charge in [0.05, 0.1) is 0 Å². The van der Waals surface area contributed by atoms with Crippen molar-refractivity contribution in [3.63, 3.8) is 0 Å². The lowest BCUT2D eigenvalue weighted by Gasteiger charge is -2.21. The smallest absolute Gasteiger partial charge is 0.123 e. The number of alkyl halides is 1. The summed E-state index contributed by atoms with van der Waals surface area (Å²) >= 11 is 6.36. The predicted octanol–water partition coefficient (Wildman–Crippen LogP) is 3.86. The Hall–Kier alpha value is -0.600. The molecule has 0 aliphatic heterocycles. The average molecular weight is 256 g/mol. The molecule has 1 saturated carbocycles. The number of hydrogen-bond donors (Lipinski definition) is 1. The lowest BCUT2D eigenvalue weighted by atomic mass is 10.1. The standard InChI is InChI=1S/C14H19ClFN/c15-13-4-2-1-3-5-14(13)17-10-11-6-8-12(16)9-7-11/h6-9,13-14,17H,1-5,10H2. The van der Waals surface area contributed by atoms with Gasteiger partial charge in [0.25, 0.3) is 0 Å². The average Bonchev–Trinajstić information content (AvgIpc) is 2.54. The molecule has 1 aromatic rings. The van der Waals surface area contributed by atoms with E-state index in [0.717, 1.165) is 24.9 Å². The van der Waals surface area contributed by atoms with Gasteiger partial charge in [-0.3, -0.25) is 0 Å². The maximum Gasteiger partial charge on any atom is 0.123 e. The van der Waals surface area contributed by atoms with Crippen molar-refractivity contribution in [1.82, 2.24) is 5.32 Å². The first-order chi connectivity index (χ1) is 8.25. The summed E-state index contributed by atoms with van der Waals surface area (Å²) in [6, 6.07) is 7.04.